The molecule has 1 unspecified atom stereocenters. The minimum atomic E-state index is -0.460. The van der Waals surface area contributed by atoms with Crippen molar-refractivity contribution >= 4 is 5.97 Å². The first-order valence-corrected chi connectivity index (χ1v) is 4.43. The number of carbonyl (C=O) groups excluding carboxylic acids is 1. The van der Waals surface area contributed by atoms with Gasteiger partial charge in [0.1, 0.15) is 11.9 Å². The average Bonchev–Trinajstić information content (AvgIpc) is 2.44. The van der Waals surface area contributed by atoms with Crippen molar-refractivity contribution in [3.8, 4) is 0 Å². The Morgan fingerprint density at radius 3 is 3.00 bits per heavy atom. The summed E-state index contributed by atoms with van der Waals surface area (Å²) in [6.45, 7) is 0.439. The van der Waals surface area contributed by atoms with Crippen molar-refractivity contribution in [2.45, 2.75) is 12.5 Å². The smallest absolute Gasteiger partial charge is 0.339 e. The summed E-state index contributed by atoms with van der Waals surface area (Å²) in [6.07, 6.45) is 0.271. The molecule has 1 atom stereocenters. The molecule has 1 heterocycles. The highest BCUT2D eigenvalue weighted by atomic mass is 19.1. The number of halogens is 1. The Kier molecular flexibility index (Phi) is 2.21. The first-order chi connectivity index (χ1) is 6.72. The first-order valence-electron chi connectivity index (χ1n) is 4.43. The maximum Gasteiger partial charge on any atom is 0.339 e. The van der Waals surface area contributed by atoms with E-state index in [0.29, 0.717) is 18.5 Å². The summed E-state index contributed by atoms with van der Waals surface area (Å²) in [5.41, 5.74) is 6.44. The van der Waals surface area contributed by atoms with Gasteiger partial charge in [-0.2, -0.15) is 0 Å². The van der Waals surface area contributed by atoms with Crippen LogP contribution in [-0.4, -0.2) is 12.5 Å². The molecule has 0 saturated heterocycles. The third-order valence-corrected chi connectivity index (χ3v) is 2.26. The lowest BCUT2D eigenvalue weighted by molar-refractivity contribution is 0.0374. The lowest BCUT2D eigenvalue weighted by atomic mass is 10.0. The number of rotatable bonds is 2. The van der Waals surface area contributed by atoms with Crippen LogP contribution in [0.5, 0.6) is 0 Å². The van der Waals surface area contributed by atoms with Crippen molar-refractivity contribution in [2.75, 3.05) is 6.54 Å². The van der Waals surface area contributed by atoms with Gasteiger partial charge in [0.05, 0.1) is 5.56 Å². The summed E-state index contributed by atoms with van der Waals surface area (Å²) in [6, 6.07) is 4.11. The highest BCUT2D eigenvalue weighted by Crippen LogP contribution is 2.32. The highest BCUT2D eigenvalue weighted by Gasteiger charge is 2.30. The first kappa shape index (κ1) is 9.15. The van der Waals surface area contributed by atoms with Crippen molar-refractivity contribution < 1.29 is 13.9 Å². The number of fused-ring (bicyclic) bond motifs is 1. The van der Waals surface area contributed by atoms with E-state index >= 15 is 0 Å². The molecule has 2 N–H and O–H groups in total. The zero-order chi connectivity index (χ0) is 10.1. The standard InChI is InChI=1S/C10H10FNO2/c11-6-1-2-7-8(5-6)10(13)14-9(7)3-4-12/h1-2,5,9H,3-4,12H2. The van der Waals surface area contributed by atoms with E-state index in [9.17, 15) is 9.18 Å². The summed E-state index contributed by atoms with van der Waals surface area (Å²) in [5, 5.41) is 0. The third-order valence-electron chi connectivity index (χ3n) is 2.26. The fraction of sp³-hybridized carbons (Fsp3) is 0.300. The predicted molar refractivity (Wildman–Crippen MR) is 48.2 cm³/mol. The van der Waals surface area contributed by atoms with Crippen molar-refractivity contribution in [1.29, 1.82) is 0 Å². The molecular weight excluding hydrogens is 185 g/mol. The zero-order valence-electron chi connectivity index (χ0n) is 7.50. The summed E-state index contributed by atoms with van der Waals surface area (Å²) >= 11 is 0. The molecule has 4 heteroatoms. The second-order valence-electron chi connectivity index (χ2n) is 3.20. The summed E-state index contributed by atoms with van der Waals surface area (Å²) < 4.78 is 17.9. The summed E-state index contributed by atoms with van der Waals surface area (Å²) in [5.74, 6) is -0.882. The van der Waals surface area contributed by atoms with Gasteiger partial charge in [0, 0.05) is 12.0 Å². The van der Waals surface area contributed by atoms with Gasteiger partial charge in [-0.15, -0.1) is 0 Å². The highest BCUT2D eigenvalue weighted by molar-refractivity contribution is 5.94. The number of hydrogen-bond donors (Lipinski definition) is 1. The predicted octanol–water partition coefficient (Wildman–Crippen LogP) is 1.39. The Bertz CT molecular complexity index is 378. The normalized spacial score (nSPS) is 19.3. The SMILES string of the molecule is NCCC1OC(=O)c2cc(F)ccc21. The minimum Gasteiger partial charge on any atom is -0.454 e. The molecule has 3 nitrogen and oxygen atoms in total. The van der Waals surface area contributed by atoms with Gasteiger partial charge in [-0.25, -0.2) is 9.18 Å². The van der Waals surface area contributed by atoms with Crippen molar-refractivity contribution in [3.63, 3.8) is 0 Å². The van der Waals surface area contributed by atoms with E-state index in [-0.39, 0.29) is 6.10 Å². The maximum atomic E-state index is 12.8. The fourth-order valence-corrected chi connectivity index (χ4v) is 1.61. The van der Waals surface area contributed by atoms with Gasteiger partial charge in [0.15, 0.2) is 0 Å². The van der Waals surface area contributed by atoms with Gasteiger partial charge in [0.2, 0.25) is 0 Å². The van der Waals surface area contributed by atoms with Gasteiger partial charge >= 0.3 is 5.97 Å². The lowest BCUT2D eigenvalue weighted by Crippen LogP contribution is -2.06. The lowest BCUT2D eigenvalue weighted by Gasteiger charge is -2.07. The van der Waals surface area contributed by atoms with E-state index in [1.807, 2.05) is 0 Å². The number of hydrogen-bond acceptors (Lipinski definition) is 3. The van der Waals surface area contributed by atoms with E-state index in [4.69, 9.17) is 10.5 Å². The molecule has 14 heavy (non-hydrogen) atoms. The quantitative estimate of drug-likeness (QED) is 0.725. The van der Waals surface area contributed by atoms with Crippen LogP contribution in [0.25, 0.3) is 0 Å². The van der Waals surface area contributed by atoms with Crippen LogP contribution in [0.15, 0.2) is 18.2 Å². The van der Waals surface area contributed by atoms with Gasteiger partial charge in [-0.3, -0.25) is 0 Å². The van der Waals surface area contributed by atoms with Crippen LogP contribution in [0, 0.1) is 5.82 Å². The molecule has 0 amide bonds. The van der Waals surface area contributed by atoms with Crippen LogP contribution < -0.4 is 5.73 Å². The molecule has 0 fully saturated rings. The molecule has 2 rings (SSSR count). The largest absolute Gasteiger partial charge is 0.454 e. The van der Waals surface area contributed by atoms with Crippen LogP contribution in [0.1, 0.15) is 28.4 Å². The molecular formula is C10H10FNO2. The Morgan fingerprint density at radius 2 is 2.29 bits per heavy atom. The molecule has 1 aliphatic rings. The molecule has 0 radical (unpaired) electrons. The Labute approximate surface area is 80.7 Å². The van der Waals surface area contributed by atoms with Gasteiger partial charge in [0.25, 0.3) is 0 Å². The maximum absolute atomic E-state index is 12.8. The van der Waals surface area contributed by atoms with Gasteiger partial charge in [-0.1, -0.05) is 6.07 Å². The van der Waals surface area contributed by atoms with Crippen molar-refractivity contribution in [1.82, 2.24) is 0 Å². The number of nitrogens with two attached hydrogens (primary N) is 1. The fourth-order valence-electron chi connectivity index (χ4n) is 1.61. The molecule has 0 aromatic heterocycles. The van der Waals surface area contributed by atoms with E-state index in [0.717, 1.165) is 5.56 Å². The average molecular weight is 195 g/mol. The minimum absolute atomic E-state index is 0.303. The third kappa shape index (κ3) is 1.37. The van der Waals surface area contributed by atoms with E-state index in [1.54, 1.807) is 6.07 Å². The number of carbonyl (C=O) groups is 1. The van der Waals surface area contributed by atoms with Crippen molar-refractivity contribution in [3.05, 3.63) is 35.1 Å². The van der Waals surface area contributed by atoms with E-state index in [2.05, 4.69) is 0 Å². The van der Waals surface area contributed by atoms with E-state index < -0.39 is 11.8 Å². The molecule has 1 aliphatic heterocycles. The van der Waals surface area contributed by atoms with Crippen LogP contribution >= 0.6 is 0 Å². The van der Waals surface area contributed by atoms with Crippen molar-refractivity contribution in [2.24, 2.45) is 5.73 Å². The van der Waals surface area contributed by atoms with E-state index in [1.165, 1.54) is 12.1 Å². The van der Waals surface area contributed by atoms with Gasteiger partial charge < -0.3 is 10.5 Å². The molecule has 1 aromatic carbocycles. The molecule has 74 valence electrons. The number of benzene rings is 1. The Morgan fingerprint density at radius 1 is 1.50 bits per heavy atom. The summed E-state index contributed by atoms with van der Waals surface area (Å²) in [4.78, 5) is 11.3. The number of cyclic esters (lactones) is 1. The Hall–Kier alpha value is -1.42. The summed E-state index contributed by atoms with van der Waals surface area (Å²) in [7, 11) is 0. The molecule has 0 spiro atoms. The van der Waals surface area contributed by atoms with Gasteiger partial charge in [-0.05, 0) is 18.7 Å². The second-order valence-corrected chi connectivity index (χ2v) is 3.20. The monoisotopic (exact) mass is 195 g/mol. The second kappa shape index (κ2) is 3.38. The van der Waals surface area contributed by atoms with Crippen LogP contribution in [-0.2, 0) is 4.74 Å². The zero-order valence-corrected chi connectivity index (χ0v) is 7.50. The number of ether oxygens (including phenoxy) is 1. The topological polar surface area (TPSA) is 52.3 Å². The number of esters is 1. The molecule has 0 aliphatic carbocycles. The molecule has 0 bridgehead atoms. The van der Waals surface area contributed by atoms with Crippen LogP contribution in [0.3, 0.4) is 0 Å². The van der Waals surface area contributed by atoms with Crippen LogP contribution in [0.4, 0.5) is 4.39 Å². The Balaban J connectivity index is 2.39. The molecule has 1 aromatic rings. The molecule has 0 saturated carbocycles. The van der Waals surface area contributed by atoms with Crippen LogP contribution in [0.2, 0.25) is 0 Å².